The van der Waals surface area contributed by atoms with Crippen LogP contribution >= 0.6 is 0 Å². The minimum Gasteiger partial charge on any atom is -0.484 e. The molecule has 0 bridgehead atoms. The van der Waals surface area contributed by atoms with Gasteiger partial charge in [-0.1, -0.05) is 25.3 Å². The number of alkyl halides is 3. The molecular formula is C16H21F3N2O2. The molecule has 1 aliphatic rings. The number of hydrogen-bond acceptors (Lipinski definition) is 2. The topological polar surface area (TPSA) is 50.4 Å². The predicted molar refractivity (Wildman–Crippen MR) is 81.6 cm³/mol. The molecule has 2 N–H and O–H groups in total. The van der Waals surface area contributed by atoms with Crippen LogP contribution in [-0.4, -0.2) is 25.4 Å². The Morgan fingerprint density at radius 2 is 1.96 bits per heavy atom. The second-order valence-electron chi connectivity index (χ2n) is 5.77. The van der Waals surface area contributed by atoms with Gasteiger partial charge in [-0.25, -0.2) is 4.79 Å². The molecule has 0 unspecified atom stereocenters. The van der Waals surface area contributed by atoms with Crippen LogP contribution in [0.3, 0.4) is 0 Å². The van der Waals surface area contributed by atoms with E-state index in [9.17, 15) is 18.0 Å². The van der Waals surface area contributed by atoms with E-state index in [0.717, 1.165) is 12.8 Å². The molecule has 1 saturated carbocycles. The number of nitrogens with one attached hydrogen (secondary N) is 2. The molecule has 1 aromatic rings. The van der Waals surface area contributed by atoms with Crippen LogP contribution < -0.4 is 15.4 Å². The average molecular weight is 330 g/mol. The zero-order chi connectivity index (χ0) is 16.7. The molecule has 0 atom stereocenters. The number of benzene rings is 1. The van der Waals surface area contributed by atoms with E-state index in [2.05, 4.69) is 15.4 Å². The third kappa shape index (κ3) is 6.80. The predicted octanol–water partition coefficient (Wildman–Crippen LogP) is 4.33. The Hall–Kier alpha value is -1.92. The fraction of sp³-hybridized carbons (Fsp3) is 0.562. The van der Waals surface area contributed by atoms with Crippen LogP contribution in [0.1, 0.15) is 32.1 Å². The van der Waals surface area contributed by atoms with Gasteiger partial charge in [-0.2, -0.15) is 13.2 Å². The van der Waals surface area contributed by atoms with Gasteiger partial charge in [0.05, 0.1) is 0 Å². The first-order valence-electron chi connectivity index (χ1n) is 7.77. The molecule has 1 fully saturated rings. The third-order valence-electron chi connectivity index (χ3n) is 3.77. The summed E-state index contributed by atoms with van der Waals surface area (Å²) in [7, 11) is 0. The average Bonchev–Trinajstić information content (AvgIpc) is 2.52. The van der Waals surface area contributed by atoms with E-state index in [-0.39, 0.29) is 11.8 Å². The third-order valence-corrected chi connectivity index (χ3v) is 3.77. The fourth-order valence-corrected chi connectivity index (χ4v) is 2.63. The van der Waals surface area contributed by atoms with Crippen LogP contribution in [0.4, 0.5) is 23.7 Å². The molecule has 0 heterocycles. The summed E-state index contributed by atoms with van der Waals surface area (Å²) < 4.78 is 41.0. The molecule has 0 aromatic heterocycles. The second-order valence-corrected chi connectivity index (χ2v) is 5.77. The van der Waals surface area contributed by atoms with Gasteiger partial charge in [-0.3, -0.25) is 0 Å². The lowest BCUT2D eigenvalue weighted by atomic mass is 9.89. The standard InChI is InChI=1S/C16H21F3N2O2/c17-16(18,19)11-23-14-8-4-7-13(9-14)21-15(22)20-10-12-5-2-1-3-6-12/h4,7-9,12H,1-3,5-6,10-11H2,(H2,20,21,22). The van der Waals surface area contributed by atoms with Crippen molar-refractivity contribution in [1.29, 1.82) is 0 Å². The molecule has 4 nitrogen and oxygen atoms in total. The summed E-state index contributed by atoms with van der Waals surface area (Å²) in [4.78, 5) is 11.8. The van der Waals surface area contributed by atoms with E-state index in [4.69, 9.17) is 0 Å². The molecule has 23 heavy (non-hydrogen) atoms. The summed E-state index contributed by atoms with van der Waals surface area (Å²) in [6, 6.07) is 5.55. The van der Waals surface area contributed by atoms with Crippen LogP contribution in [0.15, 0.2) is 24.3 Å². The molecule has 2 rings (SSSR count). The molecule has 0 aliphatic heterocycles. The number of hydrogen-bond donors (Lipinski definition) is 2. The molecule has 128 valence electrons. The van der Waals surface area contributed by atoms with Crippen LogP contribution in [0.25, 0.3) is 0 Å². The number of ether oxygens (including phenoxy) is 1. The van der Waals surface area contributed by atoms with Crippen LogP contribution in [0.5, 0.6) is 5.75 Å². The molecule has 0 spiro atoms. The number of rotatable bonds is 5. The van der Waals surface area contributed by atoms with E-state index in [1.807, 2.05) is 0 Å². The zero-order valence-electron chi connectivity index (χ0n) is 12.8. The van der Waals surface area contributed by atoms with E-state index in [1.165, 1.54) is 37.5 Å². The number of amides is 2. The quantitative estimate of drug-likeness (QED) is 0.844. The Morgan fingerprint density at radius 1 is 1.22 bits per heavy atom. The lowest BCUT2D eigenvalue weighted by molar-refractivity contribution is -0.153. The van der Waals surface area contributed by atoms with E-state index in [1.54, 1.807) is 6.07 Å². The van der Waals surface area contributed by atoms with Crippen molar-refractivity contribution in [2.45, 2.75) is 38.3 Å². The monoisotopic (exact) mass is 330 g/mol. The van der Waals surface area contributed by atoms with Gasteiger partial charge in [0.25, 0.3) is 0 Å². The Labute approximate surface area is 133 Å². The first-order valence-corrected chi connectivity index (χ1v) is 7.77. The SMILES string of the molecule is O=C(NCC1CCCCC1)Nc1cccc(OCC(F)(F)F)c1. The number of urea groups is 1. The molecule has 7 heteroatoms. The molecule has 1 aliphatic carbocycles. The van der Waals surface area contributed by atoms with Crippen molar-refractivity contribution >= 4 is 11.7 Å². The lowest BCUT2D eigenvalue weighted by Crippen LogP contribution is -2.33. The maximum Gasteiger partial charge on any atom is 0.422 e. The second kappa shape index (κ2) is 8.08. The first-order chi connectivity index (χ1) is 10.9. The summed E-state index contributed by atoms with van der Waals surface area (Å²) in [5, 5.41) is 5.41. The van der Waals surface area contributed by atoms with Crippen LogP contribution in [-0.2, 0) is 0 Å². The van der Waals surface area contributed by atoms with Crippen LogP contribution in [0, 0.1) is 5.92 Å². The molecule has 1 aromatic carbocycles. The smallest absolute Gasteiger partial charge is 0.422 e. The molecule has 0 radical (unpaired) electrons. The minimum atomic E-state index is -4.39. The summed E-state index contributed by atoms with van der Waals surface area (Å²) in [5.74, 6) is 0.573. The van der Waals surface area contributed by atoms with Crippen molar-refractivity contribution in [2.24, 2.45) is 5.92 Å². The lowest BCUT2D eigenvalue weighted by Gasteiger charge is -2.21. The zero-order valence-corrected chi connectivity index (χ0v) is 12.8. The number of anilines is 1. The van der Waals surface area contributed by atoms with E-state index in [0.29, 0.717) is 18.2 Å². The van der Waals surface area contributed by atoms with Crippen molar-refractivity contribution in [3.8, 4) is 5.75 Å². The highest BCUT2D eigenvalue weighted by Gasteiger charge is 2.28. The summed E-state index contributed by atoms with van der Waals surface area (Å²) in [5.41, 5.74) is 0.394. The normalized spacial score (nSPS) is 16.0. The number of carbonyl (C=O) groups excluding carboxylic acids is 1. The summed E-state index contributed by atoms with van der Waals surface area (Å²) in [6.07, 6.45) is 1.52. The van der Waals surface area contributed by atoms with Gasteiger partial charge in [0, 0.05) is 18.3 Å². The molecule has 0 saturated heterocycles. The maximum atomic E-state index is 12.1. The van der Waals surface area contributed by atoms with E-state index < -0.39 is 12.8 Å². The highest BCUT2D eigenvalue weighted by molar-refractivity contribution is 5.89. The summed E-state index contributed by atoms with van der Waals surface area (Å²) in [6.45, 7) is -0.736. The molecular weight excluding hydrogens is 309 g/mol. The summed E-state index contributed by atoms with van der Waals surface area (Å²) >= 11 is 0. The van der Waals surface area contributed by atoms with E-state index >= 15 is 0 Å². The van der Waals surface area contributed by atoms with Crippen molar-refractivity contribution in [3.05, 3.63) is 24.3 Å². The van der Waals surface area contributed by atoms with Gasteiger partial charge in [0.15, 0.2) is 6.61 Å². The highest BCUT2D eigenvalue weighted by Crippen LogP contribution is 2.23. The number of halogens is 3. The van der Waals surface area contributed by atoms with Gasteiger partial charge in [0.2, 0.25) is 0 Å². The van der Waals surface area contributed by atoms with Crippen LogP contribution in [0.2, 0.25) is 0 Å². The van der Waals surface area contributed by atoms with Gasteiger partial charge in [-0.15, -0.1) is 0 Å². The molecule has 2 amide bonds. The minimum absolute atomic E-state index is 0.0624. The van der Waals surface area contributed by atoms with Gasteiger partial charge >= 0.3 is 12.2 Å². The number of carbonyl (C=O) groups is 1. The largest absolute Gasteiger partial charge is 0.484 e. The van der Waals surface area contributed by atoms with Gasteiger partial charge in [0.1, 0.15) is 5.75 Å². The van der Waals surface area contributed by atoms with Crippen molar-refractivity contribution in [2.75, 3.05) is 18.5 Å². The maximum absolute atomic E-state index is 12.1. The van der Waals surface area contributed by atoms with Crippen molar-refractivity contribution in [1.82, 2.24) is 5.32 Å². The van der Waals surface area contributed by atoms with Gasteiger partial charge < -0.3 is 15.4 Å². The fourth-order valence-electron chi connectivity index (χ4n) is 2.63. The Morgan fingerprint density at radius 3 is 2.65 bits per heavy atom. The first kappa shape index (κ1) is 17.4. The van der Waals surface area contributed by atoms with Crippen molar-refractivity contribution in [3.63, 3.8) is 0 Å². The van der Waals surface area contributed by atoms with Gasteiger partial charge in [-0.05, 0) is 30.9 Å². The Kier molecular flexibility index (Phi) is 6.12. The van der Waals surface area contributed by atoms with Crippen molar-refractivity contribution < 1.29 is 22.7 Å². The Balaban J connectivity index is 1.78. The Bertz CT molecular complexity index is 514. The highest BCUT2D eigenvalue weighted by atomic mass is 19.4.